The maximum absolute atomic E-state index is 13.8. The van der Waals surface area contributed by atoms with Crippen LogP contribution in [0.25, 0.3) is 10.9 Å². The summed E-state index contributed by atoms with van der Waals surface area (Å²) in [7, 11) is 0. The lowest BCUT2D eigenvalue weighted by molar-refractivity contribution is -0.105. The van der Waals surface area contributed by atoms with Crippen LogP contribution < -0.4 is 5.32 Å². The van der Waals surface area contributed by atoms with Gasteiger partial charge >= 0.3 is 0 Å². The molecular formula is C10H10FN3O. The Kier molecular flexibility index (Phi) is 2.15. The lowest BCUT2D eigenvalue weighted by atomic mass is 10.1. The summed E-state index contributed by atoms with van der Waals surface area (Å²) in [6, 6.07) is 1.56. The van der Waals surface area contributed by atoms with Gasteiger partial charge in [-0.1, -0.05) is 0 Å². The van der Waals surface area contributed by atoms with Crippen LogP contribution in [-0.4, -0.2) is 16.6 Å². The van der Waals surface area contributed by atoms with Crippen molar-refractivity contribution in [2.24, 2.45) is 0 Å². The number of carbonyl (C=O) groups excluding carboxylic acids is 1. The fraction of sp³-hybridized carbons (Fsp3) is 0.200. The predicted octanol–water partition coefficient (Wildman–Crippen LogP) is 1.89. The van der Waals surface area contributed by atoms with Crippen molar-refractivity contribution in [3.8, 4) is 0 Å². The van der Waals surface area contributed by atoms with Crippen molar-refractivity contribution < 1.29 is 9.18 Å². The number of amides is 1. The van der Waals surface area contributed by atoms with E-state index in [1.54, 1.807) is 13.0 Å². The molecule has 1 aromatic heterocycles. The first-order valence-corrected chi connectivity index (χ1v) is 4.49. The second-order valence-electron chi connectivity index (χ2n) is 3.39. The molecule has 0 aliphatic heterocycles. The first kappa shape index (κ1) is 9.64. The zero-order valence-corrected chi connectivity index (χ0v) is 8.39. The van der Waals surface area contributed by atoms with E-state index in [0.29, 0.717) is 23.0 Å². The van der Waals surface area contributed by atoms with Gasteiger partial charge in [-0.15, -0.1) is 0 Å². The number of benzene rings is 1. The van der Waals surface area contributed by atoms with Gasteiger partial charge in [-0.25, -0.2) is 4.39 Å². The van der Waals surface area contributed by atoms with Crippen LogP contribution in [0.15, 0.2) is 6.07 Å². The smallest absolute Gasteiger partial charge is 0.211 e. The number of aryl methyl sites for hydroxylation is 2. The third kappa shape index (κ3) is 1.36. The van der Waals surface area contributed by atoms with E-state index in [1.807, 2.05) is 6.92 Å². The molecule has 15 heavy (non-hydrogen) atoms. The molecule has 0 saturated heterocycles. The second-order valence-corrected chi connectivity index (χ2v) is 3.39. The van der Waals surface area contributed by atoms with E-state index < -0.39 is 5.82 Å². The molecule has 0 aliphatic carbocycles. The lowest BCUT2D eigenvalue weighted by Crippen LogP contribution is -1.98. The average molecular weight is 207 g/mol. The molecule has 0 saturated carbocycles. The largest absolute Gasteiger partial charge is 0.326 e. The molecule has 2 aromatic rings. The fourth-order valence-corrected chi connectivity index (χ4v) is 1.63. The summed E-state index contributed by atoms with van der Waals surface area (Å²) in [4.78, 5) is 10.3. The summed E-state index contributed by atoms with van der Waals surface area (Å²) in [6.45, 7) is 3.56. The molecule has 1 aromatic carbocycles. The van der Waals surface area contributed by atoms with Crippen LogP contribution in [0.2, 0.25) is 0 Å². The average Bonchev–Trinajstić information content (AvgIpc) is 2.57. The molecule has 2 N–H and O–H groups in total. The molecule has 0 spiro atoms. The van der Waals surface area contributed by atoms with Crippen molar-refractivity contribution >= 4 is 23.0 Å². The molecule has 0 fully saturated rings. The minimum absolute atomic E-state index is 0.180. The number of hydrogen-bond donors (Lipinski definition) is 2. The number of anilines is 1. The van der Waals surface area contributed by atoms with Gasteiger partial charge in [-0.05, 0) is 25.5 Å². The van der Waals surface area contributed by atoms with Crippen LogP contribution >= 0.6 is 0 Å². The summed E-state index contributed by atoms with van der Waals surface area (Å²) in [5, 5.41) is 9.48. The van der Waals surface area contributed by atoms with Gasteiger partial charge in [0, 0.05) is 5.69 Å². The van der Waals surface area contributed by atoms with Crippen LogP contribution in [0.3, 0.4) is 0 Å². The minimum Gasteiger partial charge on any atom is -0.326 e. The van der Waals surface area contributed by atoms with Gasteiger partial charge in [0.05, 0.1) is 16.6 Å². The van der Waals surface area contributed by atoms with Gasteiger partial charge < -0.3 is 5.32 Å². The highest BCUT2D eigenvalue weighted by molar-refractivity contribution is 5.90. The number of nitrogens with zero attached hydrogens (tertiary/aromatic N) is 1. The fourth-order valence-electron chi connectivity index (χ4n) is 1.63. The Balaban J connectivity index is 2.81. The normalized spacial score (nSPS) is 10.6. The van der Waals surface area contributed by atoms with Crippen LogP contribution in [0.5, 0.6) is 0 Å². The second kappa shape index (κ2) is 3.34. The monoisotopic (exact) mass is 207 g/mol. The Morgan fingerprint density at radius 1 is 1.53 bits per heavy atom. The number of hydrogen-bond acceptors (Lipinski definition) is 2. The van der Waals surface area contributed by atoms with Gasteiger partial charge in [0.15, 0.2) is 5.82 Å². The van der Waals surface area contributed by atoms with Crippen LogP contribution in [0, 0.1) is 19.7 Å². The van der Waals surface area contributed by atoms with E-state index >= 15 is 0 Å². The molecular weight excluding hydrogens is 197 g/mol. The molecule has 0 bridgehead atoms. The topological polar surface area (TPSA) is 57.8 Å². The zero-order valence-electron chi connectivity index (χ0n) is 8.39. The number of carbonyl (C=O) groups is 1. The first-order chi connectivity index (χ1) is 7.15. The molecule has 0 atom stereocenters. The first-order valence-electron chi connectivity index (χ1n) is 4.49. The van der Waals surface area contributed by atoms with Crippen LogP contribution in [-0.2, 0) is 4.79 Å². The molecule has 1 amide bonds. The summed E-state index contributed by atoms with van der Waals surface area (Å²) in [5.41, 5.74) is 2.25. The van der Waals surface area contributed by atoms with E-state index in [4.69, 9.17) is 0 Å². The Morgan fingerprint density at radius 3 is 2.93 bits per heavy atom. The highest BCUT2D eigenvalue weighted by atomic mass is 19.1. The van der Waals surface area contributed by atoms with Crippen molar-refractivity contribution in [3.63, 3.8) is 0 Å². The molecule has 4 nitrogen and oxygen atoms in total. The third-order valence-corrected chi connectivity index (χ3v) is 2.35. The number of aromatic amines is 1. The Labute approximate surface area is 85.5 Å². The van der Waals surface area contributed by atoms with E-state index in [9.17, 15) is 9.18 Å². The number of nitrogens with one attached hydrogen (secondary N) is 2. The summed E-state index contributed by atoms with van der Waals surface area (Å²) >= 11 is 0. The minimum atomic E-state index is -0.450. The van der Waals surface area contributed by atoms with E-state index in [-0.39, 0.29) is 5.69 Å². The maximum Gasteiger partial charge on any atom is 0.211 e. The molecule has 5 heteroatoms. The predicted molar refractivity (Wildman–Crippen MR) is 55.2 cm³/mol. The van der Waals surface area contributed by atoms with Crippen molar-refractivity contribution in [2.45, 2.75) is 13.8 Å². The van der Waals surface area contributed by atoms with E-state index in [0.717, 1.165) is 5.56 Å². The molecule has 78 valence electrons. The number of halogens is 1. The third-order valence-electron chi connectivity index (χ3n) is 2.35. The summed E-state index contributed by atoms with van der Waals surface area (Å²) < 4.78 is 13.8. The van der Waals surface area contributed by atoms with Gasteiger partial charge in [0.25, 0.3) is 0 Å². The van der Waals surface area contributed by atoms with Crippen molar-refractivity contribution in [1.82, 2.24) is 10.2 Å². The number of fused-ring (bicyclic) bond motifs is 1. The molecule has 2 rings (SSSR count). The Morgan fingerprint density at radius 2 is 2.27 bits per heavy atom. The van der Waals surface area contributed by atoms with E-state index in [1.165, 1.54) is 0 Å². The van der Waals surface area contributed by atoms with Crippen molar-refractivity contribution in [2.75, 3.05) is 5.32 Å². The summed E-state index contributed by atoms with van der Waals surface area (Å²) in [6.07, 6.45) is 0.457. The SMILES string of the molecule is Cc1cc(NC=O)c(F)c2c(C)[nH]nc12. The van der Waals surface area contributed by atoms with E-state index in [2.05, 4.69) is 15.5 Å². The zero-order chi connectivity index (χ0) is 11.0. The quantitative estimate of drug-likeness (QED) is 0.739. The molecule has 1 heterocycles. The maximum atomic E-state index is 13.8. The van der Waals surface area contributed by atoms with Crippen LogP contribution in [0.1, 0.15) is 11.3 Å². The highest BCUT2D eigenvalue weighted by Crippen LogP contribution is 2.28. The standard InChI is InChI=1S/C10H10FN3O/c1-5-3-7(12-4-15)9(11)8-6(2)13-14-10(5)8/h3-4H,1-2H3,(H,12,15)(H,13,14). The highest BCUT2D eigenvalue weighted by Gasteiger charge is 2.14. The van der Waals surface area contributed by atoms with Crippen molar-refractivity contribution in [3.05, 3.63) is 23.1 Å². The number of rotatable bonds is 2. The van der Waals surface area contributed by atoms with Gasteiger partial charge in [0.2, 0.25) is 6.41 Å². The van der Waals surface area contributed by atoms with Crippen LogP contribution in [0.4, 0.5) is 10.1 Å². The van der Waals surface area contributed by atoms with Gasteiger partial charge in [-0.3, -0.25) is 9.89 Å². The lowest BCUT2D eigenvalue weighted by Gasteiger charge is -2.04. The molecule has 0 radical (unpaired) electrons. The number of H-pyrrole nitrogens is 1. The Bertz CT molecular complexity index is 533. The van der Waals surface area contributed by atoms with Gasteiger partial charge in [-0.2, -0.15) is 5.10 Å². The summed E-state index contributed by atoms with van der Waals surface area (Å²) in [5.74, 6) is -0.450. The molecule has 0 unspecified atom stereocenters. The Hall–Kier alpha value is -1.91. The van der Waals surface area contributed by atoms with Gasteiger partial charge in [0.1, 0.15) is 0 Å². The van der Waals surface area contributed by atoms with Crippen molar-refractivity contribution in [1.29, 1.82) is 0 Å². The molecule has 0 aliphatic rings. The number of aromatic nitrogens is 2.